The molecule has 1 N–H and O–H groups in total. The molecule has 0 bridgehead atoms. The van der Waals surface area contributed by atoms with Gasteiger partial charge in [0.05, 0.1) is 18.3 Å². The molecule has 0 saturated carbocycles. The Hall–Kier alpha value is -0.840. The normalized spacial score (nSPS) is 10.6. The van der Waals surface area contributed by atoms with Crippen LogP contribution in [0.1, 0.15) is 24.2 Å². The van der Waals surface area contributed by atoms with Gasteiger partial charge in [0.2, 0.25) is 0 Å². The molecule has 1 rings (SSSR count). The van der Waals surface area contributed by atoms with E-state index in [9.17, 15) is 4.79 Å². The van der Waals surface area contributed by atoms with E-state index in [2.05, 4.69) is 10.3 Å². The molecule has 6 heteroatoms. The van der Waals surface area contributed by atoms with Crippen molar-refractivity contribution < 1.29 is 9.53 Å². The van der Waals surface area contributed by atoms with E-state index in [4.69, 9.17) is 27.9 Å². The van der Waals surface area contributed by atoms with Gasteiger partial charge in [0, 0.05) is 6.54 Å². The van der Waals surface area contributed by atoms with E-state index in [1.165, 1.54) is 12.1 Å². The number of nitrogens with one attached hydrogen (secondary N) is 1. The van der Waals surface area contributed by atoms with Crippen molar-refractivity contribution in [3.63, 3.8) is 0 Å². The Labute approximate surface area is 110 Å². The molecule has 0 aliphatic rings. The van der Waals surface area contributed by atoms with Crippen molar-refractivity contribution >= 4 is 29.1 Å². The van der Waals surface area contributed by atoms with Crippen LogP contribution in [-0.2, 0) is 4.74 Å². The molecule has 1 heterocycles. The van der Waals surface area contributed by atoms with E-state index in [-0.39, 0.29) is 22.3 Å². The SMILES string of the molecule is CC(C)OCCNC(=O)c1ccc(Cl)nc1Cl. The Bertz CT molecular complexity index is 397. The fraction of sp³-hybridized carbons (Fsp3) is 0.455. The van der Waals surface area contributed by atoms with Crippen LogP contribution in [0.4, 0.5) is 0 Å². The summed E-state index contributed by atoms with van der Waals surface area (Å²) in [5.41, 5.74) is 0.306. The Kier molecular flexibility index (Phi) is 5.68. The molecule has 0 fully saturated rings. The molecule has 0 aliphatic heterocycles. The average molecular weight is 277 g/mol. The summed E-state index contributed by atoms with van der Waals surface area (Å²) < 4.78 is 5.29. The van der Waals surface area contributed by atoms with Crippen molar-refractivity contribution in [2.24, 2.45) is 0 Å². The zero-order valence-electron chi connectivity index (χ0n) is 9.67. The van der Waals surface area contributed by atoms with Gasteiger partial charge in [-0.05, 0) is 26.0 Å². The summed E-state index contributed by atoms with van der Waals surface area (Å²) in [6.45, 7) is 4.75. The minimum absolute atomic E-state index is 0.0970. The van der Waals surface area contributed by atoms with Crippen LogP contribution in [0.25, 0.3) is 0 Å². The minimum atomic E-state index is -0.286. The standard InChI is InChI=1S/C11H14Cl2N2O2/c1-7(2)17-6-5-14-11(16)8-3-4-9(12)15-10(8)13/h3-4,7H,5-6H2,1-2H3,(H,14,16). The molecule has 0 unspecified atom stereocenters. The molecular formula is C11H14Cl2N2O2. The Morgan fingerprint density at radius 1 is 1.47 bits per heavy atom. The van der Waals surface area contributed by atoms with E-state index in [1.807, 2.05) is 13.8 Å². The van der Waals surface area contributed by atoms with Crippen LogP contribution < -0.4 is 5.32 Å². The predicted octanol–water partition coefficient (Wildman–Crippen LogP) is 2.54. The number of hydrogen-bond acceptors (Lipinski definition) is 3. The highest BCUT2D eigenvalue weighted by Crippen LogP contribution is 2.16. The van der Waals surface area contributed by atoms with E-state index >= 15 is 0 Å². The molecule has 94 valence electrons. The summed E-state index contributed by atoms with van der Waals surface area (Å²) in [5, 5.41) is 3.04. The molecule has 1 aromatic rings. The number of halogens is 2. The molecule has 4 nitrogen and oxygen atoms in total. The molecule has 0 radical (unpaired) electrons. The van der Waals surface area contributed by atoms with Gasteiger partial charge in [0.25, 0.3) is 5.91 Å². The lowest BCUT2D eigenvalue weighted by Gasteiger charge is -2.09. The summed E-state index contributed by atoms with van der Waals surface area (Å²) in [6, 6.07) is 3.06. The van der Waals surface area contributed by atoms with Crippen molar-refractivity contribution in [1.82, 2.24) is 10.3 Å². The second kappa shape index (κ2) is 6.79. The number of ether oxygens (including phenoxy) is 1. The zero-order valence-corrected chi connectivity index (χ0v) is 11.2. The second-order valence-corrected chi connectivity index (χ2v) is 4.39. The fourth-order valence-corrected chi connectivity index (χ4v) is 1.57. The molecular weight excluding hydrogens is 263 g/mol. The van der Waals surface area contributed by atoms with Crippen LogP contribution in [0.3, 0.4) is 0 Å². The van der Waals surface area contributed by atoms with E-state index in [1.54, 1.807) is 0 Å². The van der Waals surface area contributed by atoms with Gasteiger partial charge in [-0.2, -0.15) is 0 Å². The molecule has 0 aliphatic carbocycles. The lowest BCUT2D eigenvalue weighted by Crippen LogP contribution is -2.28. The highest BCUT2D eigenvalue weighted by molar-refractivity contribution is 6.34. The highest BCUT2D eigenvalue weighted by Gasteiger charge is 2.11. The van der Waals surface area contributed by atoms with Crippen LogP contribution >= 0.6 is 23.2 Å². The number of nitrogens with zero attached hydrogens (tertiary/aromatic N) is 1. The molecule has 1 aromatic heterocycles. The summed E-state index contributed by atoms with van der Waals surface area (Å²) in [7, 11) is 0. The maximum atomic E-state index is 11.7. The third kappa shape index (κ3) is 4.89. The summed E-state index contributed by atoms with van der Waals surface area (Å²) in [5.74, 6) is -0.286. The van der Waals surface area contributed by atoms with E-state index in [0.717, 1.165) is 0 Å². The van der Waals surface area contributed by atoms with Gasteiger partial charge < -0.3 is 10.1 Å². The number of carbonyl (C=O) groups excluding carboxylic acids is 1. The first-order valence-electron chi connectivity index (χ1n) is 5.22. The van der Waals surface area contributed by atoms with Crippen molar-refractivity contribution in [2.45, 2.75) is 20.0 Å². The number of aromatic nitrogens is 1. The third-order valence-corrected chi connectivity index (χ3v) is 2.40. The number of carbonyl (C=O) groups is 1. The highest BCUT2D eigenvalue weighted by atomic mass is 35.5. The van der Waals surface area contributed by atoms with Gasteiger partial charge in [-0.1, -0.05) is 23.2 Å². The van der Waals surface area contributed by atoms with Crippen LogP contribution in [0.2, 0.25) is 10.3 Å². The van der Waals surface area contributed by atoms with Crippen LogP contribution in [0, 0.1) is 0 Å². The molecule has 0 spiro atoms. The van der Waals surface area contributed by atoms with E-state index in [0.29, 0.717) is 18.7 Å². The van der Waals surface area contributed by atoms with Gasteiger partial charge in [0.1, 0.15) is 10.3 Å². The quantitative estimate of drug-likeness (QED) is 0.664. The Balaban J connectivity index is 2.47. The van der Waals surface area contributed by atoms with Crippen LogP contribution in [0.15, 0.2) is 12.1 Å². The maximum absolute atomic E-state index is 11.7. The lowest BCUT2D eigenvalue weighted by molar-refractivity contribution is 0.0746. The first-order valence-corrected chi connectivity index (χ1v) is 5.98. The van der Waals surface area contributed by atoms with Gasteiger partial charge in [-0.25, -0.2) is 4.98 Å². The van der Waals surface area contributed by atoms with Gasteiger partial charge >= 0.3 is 0 Å². The number of amides is 1. The summed E-state index contributed by atoms with van der Waals surface area (Å²) >= 11 is 11.4. The number of hydrogen-bond donors (Lipinski definition) is 1. The van der Waals surface area contributed by atoms with Crippen molar-refractivity contribution in [1.29, 1.82) is 0 Å². The summed E-state index contributed by atoms with van der Waals surface area (Å²) in [4.78, 5) is 15.5. The second-order valence-electron chi connectivity index (χ2n) is 3.65. The smallest absolute Gasteiger partial charge is 0.254 e. The molecule has 0 aromatic carbocycles. The van der Waals surface area contributed by atoms with Crippen LogP contribution in [-0.4, -0.2) is 30.1 Å². The maximum Gasteiger partial charge on any atom is 0.254 e. The van der Waals surface area contributed by atoms with Crippen molar-refractivity contribution in [3.8, 4) is 0 Å². The fourth-order valence-electron chi connectivity index (χ4n) is 1.14. The van der Waals surface area contributed by atoms with Crippen LogP contribution in [0.5, 0.6) is 0 Å². The van der Waals surface area contributed by atoms with Gasteiger partial charge in [-0.15, -0.1) is 0 Å². The van der Waals surface area contributed by atoms with Gasteiger partial charge in [0.15, 0.2) is 0 Å². The first-order chi connectivity index (χ1) is 8.00. The average Bonchev–Trinajstić information content (AvgIpc) is 2.23. The zero-order chi connectivity index (χ0) is 12.8. The Morgan fingerprint density at radius 2 is 2.18 bits per heavy atom. The molecule has 1 amide bonds. The third-order valence-electron chi connectivity index (χ3n) is 1.90. The minimum Gasteiger partial charge on any atom is -0.377 e. The van der Waals surface area contributed by atoms with Crippen molar-refractivity contribution in [3.05, 3.63) is 28.0 Å². The van der Waals surface area contributed by atoms with E-state index < -0.39 is 0 Å². The molecule has 0 saturated heterocycles. The predicted molar refractivity (Wildman–Crippen MR) is 67.7 cm³/mol. The summed E-state index contributed by atoms with van der Waals surface area (Å²) in [6.07, 6.45) is 0.146. The number of pyridine rings is 1. The first kappa shape index (κ1) is 14.2. The molecule has 17 heavy (non-hydrogen) atoms. The monoisotopic (exact) mass is 276 g/mol. The van der Waals surface area contributed by atoms with Crippen molar-refractivity contribution in [2.75, 3.05) is 13.2 Å². The lowest BCUT2D eigenvalue weighted by atomic mass is 10.2. The Morgan fingerprint density at radius 3 is 2.76 bits per heavy atom. The largest absolute Gasteiger partial charge is 0.377 e. The molecule has 0 atom stereocenters. The van der Waals surface area contributed by atoms with Gasteiger partial charge in [-0.3, -0.25) is 4.79 Å². The number of rotatable bonds is 5. The topological polar surface area (TPSA) is 51.2 Å².